The molecule has 0 aromatic heterocycles. The van der Waals surface area contributed by atoms with Crippen molar-refractivity contribution in [3.05, 3.63) is 138 Å². The summed E-state index contributed by atoms with van der Waals surface area (Å²) in [5.41, 5.74) is 2.48. The van der Waals surface area contributed by atoms with Crippen LogP contribution >= 0.6 is 0 Å². The second-order valence-corrected chi connectivity index (χ2v) is 10.3. The fourth-order valence-corrected chi connectivity index (χ4v) is 4.89. The molecule has 0 saturated carbocycles. The monoisotopic (exact) mass is 590 g/mol. The SMILES string of the molecule is CCCCCc1ccc(C(F)(F)Oc2ccc(-c3ccc(-c4cc(F)c(-c5ccc(F)c(F)c5)c(F)c4)cc3)cc2)cc1. The molecule has 0 radical (unpaired) electrons. The van der Waals surface area contributed by atoms with E-state index in [0.29, 0.717) is 5.56 Å². The van der Waals surface area contributed by atoms with Crippen LogP contribution in [-0.2, 0) is 12.5 Å². The summed E-state index contributed by atoms with van der Waals surface area (Å²) in [5.74, 6) is -4.14. The van der Waals surface area contributed by atoms with E-state index >= 15 is 0 Å². The fourth-order valence-electron chi connectivity index (χ4n) is 4.89. The van der Waals surface area contributed by atoms with Crippen molar-refractivity contribution >= 4 is 0 Å². The van der Waals surface area contributed by atoms with Crippen molar-refractivity contribution < 1.29 is 31.1 Å². The van der Waals surface area contributed by atoms with E-state index in [1.165, 1.54) is 24.3 Å². The second-order valence-electron chi connectivity index (χ2n) is 10.3. The second kappa shape index (κ2) is 12.8. The molecule has 0 atom stereocenters. The van der Waals surface area contributed by atoms with Crippen molar-refractivity contribution in [2.75, 3.05) is 0 Å². The maximum atomic E-state index is 14.9. The van der Waals surface area contributed by atoms with Crippen LogP contribution in [0.1, 0.15) is 37.3 Å². The molecule has 5 rings (SSSR count). The van der Waals surface area contributed by atoms with Crippen LogP contribution < -0.4 is 4.74 Å². The van der Waals surface area contributed by atoms with Crippen molar-refractivity contribution in [2.45, 2.75) is 38.7 Å². The number of aryl methyl sites for hydroxylation is 1. The van der Waals surface area contributed by atoms with E-state index in [2.05, 4.69) is 6.92 Å². The molecule has 0 saturated heterocycles. The van der Waals surface area contributed by atoms with Gasteiger partial charge in [0.1, 0.15) is 17.4 Å². The third-order valence-electron chi connectivity index (χ3n) is 7.26. The first kappa shape index (κ1) is 30.0. The Hall–Kier alpha value is -4.52. The summed E-state index contributed by atoms with van der Waals surface area (Å²) < 4.78 is 91.3. The van der Waals surface area contributed by atoms with Crippen LogP contribution in [0.2, 0.25) is 0 Å². The maximum Gasteiger partial charge on any atom is 0.426 e. The van der Waals surface area contributed by atoms with Crippen molar-refractivity contribution in [1.29, 1.82) is 0 Å². The van der Waals surface area contributed by atoms with Crippen molar-refractivity contribution in [1.82, 2.24) is 0 Å². The highest BCUT2D eigenvalue weighted by Crippen LogP contribution is 2.35. The highest BCUT2D eigenvalue weighted by Gasteiger charge is 2.34. The number of halogens is 6. The number of rotatable bonds is 10. The van der Waals surface area contributed by atoms with E-state index < -0.39 is 34.9 Å². The number of alkyl halides is 2. The Bertz CT molecular complexity index is 1670. The minimum Gasteiger partial charge on any atom is -0.429 e. The summed E-state index contributed by atoms with van der Waals surface area (Å²) in [6.45, 7) is 2.11. The average Bonchev–Trinajstić information content (AvgIpc) is 2.99. The highest BCUT2D eigenvalue weighted by atomic mass is 19.3. The fraction of sp³-hybridized carbons (Fsp3) is 0.167. The van der Waals surface area contributed by atoms with E-state index in [-0.39, 0.29) is 22.4 Å². The Balaban J connectivity index is 1.27. The van der Waals surface area contributed by atoms with Gasteiger partial charge in [-0.1, -0.05) is 74.4 Å². The number of hydrogen-bond donors (Lipinski definition) is 0. The third kappa shape index (κ3) is 6.94. The molecule has 0 spiro atoms. The van der Waals surface area contributed by atoms with E-state index in [1.807, 2.05) is 0 Å². The lowest BCUT2D eigenvalue weighted by Crippen LogP contribution is -2.21. The Kier molecular flexibility index (Phi) is 8.90. The van der Waals surface area contributed by atoms with Gasteiger partial charge in [-0.25, -0.2) is 17.6 Å². The quantitative estimate of drug-likeness (QED) is 0.116. The molecule has 43 heavy (non-hydrogen) atoms. The van der Waals surface area contributed by atoms with E-state index in [1.54, 1.807) is 48.5 Å². The molecule has 0 bridgehead atoms. The number of benzene rings is 5. The van der Waals surface area contributed by atoms with Gasteiger partial charge in [-0.15, -0.1) is 0 Å². The molecule has 0 unspecified atom stereocenters. The summed E-state index contributed by atoms with van der Waals surface area (Å²) in [6.07, 6.45) is 0.555. The van der Waals surface area contributed by atoms with Crippen LogP contribution in [0, 0.1) is 23.3 Å². The Morgan fingerprint density at radius 1 is 0.535 bits per heavy atom. The standard InChI is InChI=1S/C36H28F6O/c1-2-3-4-5-23-6-15-29(16-7-23)36(41,42)43-30-17-12-25(13-18-30)24-8-10-26(11-9-24)28-21-33(39)35(34(40)22-28)27-14-19-31(37)32(38)20-27/h6-22H,2-5H2,1H3. The predicted molar refractivity (Wildman–Crippen MR) is 157 cm³/mol. The molecule has 1 nitrogen and oxygen atoms in total. The first-order valence-corrected chi connectivity index (χ1v) is 14.0. The molecule has 5 aromatic rings. The van der Waals surface area contributed by atoms with E-state index in [0.717, 1.165) is 72.7 Å². The molecule has 0 aliphatic rings. The molecule has 0 N–H and O–H groups in total. The van der Waals surface area contributed by atoms with Gasteiger partial charge in [0.05, 0.1) is 11.1 Å². The molecule has 0 aliphatic carbocycles. The largest absolute Gasteiger partial charge is 0.429 e. The van der Waals surface area contributed by atoms with E-state index in [9.17, 15) is 26.3 Å². The minimum absolute atomic E-state index is 0.00414. The molecule has 0 heterocycles. The van der Waals surface area contributed by atoms with Crippen LogP contribution in [0.25, 0.3) is 33.4 Å². The highest BCUT2D eigenvalue weighted by molar-refractivity contribution is 5.74. The molecular formula is C36H28F6O. The zero-order valence-electron chi connectivity index (χ0n) is 23.3. The third-order valence-corrected chi connectivity index (χ3v) is 7.26. The van der Waals surface area contributed by atoms with Gasteiger partial charge in [-0.05, 0) is 94.8 Å². The summed E-state index contributed by atoms with van der Waals surface area (Å²) in [7, 11) is 0. The van der Waals surface area contributed by atoms with Crippen LogP contribution in [0.15, 0.2) is 103 Å². The normalized spacial score (nSPS) is 11.5. The molecule has 0 amide bonds. The predicted octanol–water partition coefficient (Wildman–Crippen LogP) is 11.1. The van der Waals surface area contributed by atoms with Crippen molar-refractivity contribution in [2.24, 2.45) is 0 Å². The zero-order chi connectivity index (χ0) is 30.6. The summed E-state index contributed by atoms with van der Waals surface area (Å²) >= 11 is 0. The molecule has 5 aromatic carbocycles. The maximum absolute atomic E-state index is 14.9. The lowest BCUT2D eigenvalue weighted by Gasteiger charge is -2.19. The summed E-state index contributed by atoms with van der Waals surface area (Å²) in [6, 6.07) is 24.1. The van der Waals surface area contributed by atoms with Crippen LogP contribution in [0.4, 0.5) is 26.3 Å². The van der Waals surface area contributed by atoms with Gasteiger partial charge in [0.15, 0.2) is 11.6 Å². The number of hydrogen-bond acceptors (Lipinski definition) is 1. The average molecular weight is 591 g/mol. The first-order valence-electron chi connectivity index (χ1n) is 14.0. The van der Waals surface area contributed by atoms with Gasteiger partial charge in [0, 0.05) is 0 Å². The number of ether oxygens (including phenoxy) is 1. The van der Waals surface area contributed by atoms with Gasteiger partial charge in [0.2, 0.25) is 0 Å². The minimum atomic E-state index is -3.50. The first-order chi connectivity index (χ1) is 20.6. The molecular weight excluding hydrogens is 562 g/mol. The summed E-state index contributed by atoms with van der Waals surface area (Å²) in [4.78, 5) is 0. The van der Waals surface area contributed by atoms with E-state index in [4.69, 9.17) is 4.74 Å². The van der Waals surface area contributed by atoms with Crippen molar-refractivity contribution in [3.8, 4) is 39.1 Å². The van der Waals surface area contributed by atoms with Gasteiger partial charge in [-0.2, -0.15) is 8.78 Å². The molecule has 0 fully saturated rings. The molecule has 7 heteroatoms. The molecule has 220 valence electrons. The Morgan fingerprint density at radius 3 is 1.60 bits per heavy atom. The van der Waals surface area contributed by atoms with Crippen LogP contribution in [0.5, 0.6) is 5.75 Å². The number of unbranched alkanes of at least 4 members (excludes halogenated alkanes) is 2. The smallest absolute Gasteiger partial charge is 0.426 e. The van der Waals surface area contributed by atoms with Gasteiger partial charge < -0.3 is 4.74 Å². The lowest BCUT2D eigenvalue weighted by molar-refractivity contribution is -0.185. The van der Waals surface area contributed by atoms with Crippen molar-refractivity contribution in [3.63, 3.8) is 0 Å². The topological polar surface area (TPSA) is 9.23 Å². The summed E-state index contributed by atoms with van der Waals surface area (Å²) in [5, 5.41) is 0. The van der Waals surface area contributed by atoms with Gasteiger partial charge in [0.25, 0.3) is 0 Å². The van der Waals surface area contributed by atoms with Gasteiger partial charge >= 0.3 is 6.11 Å². The molecule has 0 aliphatic heterocycles. The Morgan fingerprint density at radius 2 is 1.05 bits per heavy atom. The zero-order valence-corrected chi connectivity index (χ0v) is 23.3. The van der Waals surface area contributed by atoms with Crippen LogP contribution in [-0.4, -0.2) is 0 Å². The Labute approximate surface area is 246 Å². The lowest BCUT2D eigenvalue weighted by atomic mass is 9.97. The van der Waals surface area contributed by atoms with Gasteiger partial charge in [-0.3, -0.25) is 0 Å². The van der Waals surface area contributed by atoms with Crippen LogP contribution in [0.3, 0.4) is 0 Å².